The van der Waals surface area contributed by atoms with Gasteiger partial charge in [-0.15, -0.1) is 4.79 Å². The number of hydrogen-bond donors (Lipinski definition) is 0. The Morgan fingerprint density at radius 1 is 1.29 bits per heavy atom. The van der Waals surface area contributed by atoms with Gasteiger partial charge in [-0.2, -0.15) is 8.42 Å². The molecule has 0 heterocycles. The Bertz CT molecular complexity index is 621. The summed E-state index contributed by atoms with van der Waals surface area (Å²) in [6, 6.07) is 9.46. The molecule has 0 saturated heterocycles. The number of carbonyl (C=O) groups is 1. The number of benzene rings is 1. The lowest BCUT2D eigenvalue weighted by molar-refractivity contribution is -0.139. The summed E-state index contributed by atoms with van der Waals surface area (Å²) in [6.07, 6.45) is 1.06. The molecule has 0 amide bonds. The lowest BCUT2D eigenvalue weighted by Gasteiger charge is -2.03. The average Bonchev–Trinajstić information content (AvgIpc) is 2.45. The van der Waals surface area contributed by atoms with Crippen LogP contribution >= 0.6 is 0 Å². The molecular weight excluding hydrogens is 296 g/mol. The first-order chi connectivity index (χ1) is 10.0. The highest BCUT2D eigenvalue weighted by Gasteiger charge is 2.38. The maximum Gasteiger partial charge on any atom is 0.514 e. The fourth-order valence-corrected chi connectivity index (χ4v) is 2.34. The molecule has 0 radical (unpaired) electrons. The van der Waals surface area contributed by atoms with Crippen LogP contribution < -0.4 is 0 Å². The molecule has 114 valence electrons. The number of hydrogen-bond acceptors (Lipinski definition) is 5. The second kappa shape index (κ2) is 8.31. The molecule has 0 bridgehead atoms. The fourth-order valence-electron chi connectivity index (χ4n) is 1.53. The van der Waals surface area contributed by atoms with Gasteiger partial charge in [0.2, 0.25) is 0 Å². The van der Waals surface area contributed by atoms with E-state index in [0.717, 1.165) is 5.56 Å². The first-order valence-electron chi connectivity index (χ1n) is 6.33. The minimum absolute atomic E-state index is 0.0403. The number of rotatable bonds is 6. The standard InChI is InChI=1S/C13H16N2O5S/c1-2-19-13(16)12(15-14)21(17,18)20-10-6-9-11-7-4-3-5-8-11/h3-5,7-8H,2,6,9-10H2,1H3. The van der Waals surface area contributed by atoms with Gasteiger partial charge in [0.25, 0.3) is 0 Å². The molecule has 21 heavy (non-hydrogen) atoms. The summed E-state index contributed by atoms with van der Waals surface area (Å²) in [5, 5.41) is -1.15. The van der Waals surface area contributed by atoms with Crippen LogP contribution in [0.1, 0.15) is 18.9 Å². The van der Waals surface area contributed by atoms with E-state index in [1.807, 2.05) is 30.3 Å². The predicted molar refractivity (Wildman–Crippen MR) is 74.9 cm³/mol. The van der Waals surface area contributed by atoms with Crippen LogP contribution in [0.25, 0.3) is 5.53 Å². The summed E-state index contributed by atoms with van der Waals surface area (Å²) in [6.45, 7) is 1.33. The first kappa shape index (κ1) is 17.0. The van der Waals surface area contributed by atoms with Gasteiger partial charge >= 0.3 is 21.1 Å². The zero-order valence-corrected chi connectivity index (χ0v) is 12.4. The molecular formula is C13H16N2O5S. The van der Waals surface area contributed by atoms with Crippen molar-refractivity contribution >= 4 is 21.1 Å². The smallest absolute Gasteiger partial charge is 0.456 e. The maximum absolute atomic E-state index is 11.7. The second-order valence-electron chi connectivity index (χ2n) is 3.99. The highest BCUT2D eigenvalue weighted by molar-refractivity contribution is 8.04. The summed E-state index contributed by atoms with van der Waals surface area (Å²) in [7, 11) is -4.42. The summed E-state index contributed by atoms with van der Waals surface area (Å²) >= 11 is 0. The third kappa shape index (κ3) is 5.47. The van der Waals surface area contributed by atoms with Crippen molar-refractivity contribution in [1.29, 1.82) is 0 Å². The summed E-state index contributed by atoms with van der Waals surface area (Å²) in [4.78, 5) is 13.7. The summed E-state index contributed by atoms with van der Waals surface area (Å²) in [5.74, 6) is -1.25. The maximum atomic E-state index is 11.7. The molecule has 0 aromatic heterocycles. The molecule has 0 aliphatic heterocycles. The van der Waals surface area contributed by atoms with Gasteiger partial charge in [0.05, 0.1) is 13.2 Å². The van der Waals surface area contributed by atoms with Crippen molar-refractivity contribution < 1.29 is 26.9 Å². The molecule has 0 aliphatic rings. The van der Waals surface area contributed by atoms with Crippen LogP contribution in [-0.4, -0.2) is 37.4 Å². The zero-order valence-electron chi connectivity index (χ0n) is 11.6. The van der Waals surface area contributed by atoms with E-state index < -0.39 is 21.1 Å². The molecule has 8 heteroatoms. The Hall–Kier alpha value is -2.02. The van der Waals surface area contributed by atoms with E-state index in [0.29, 0.717) is 12.8 Å². The molecule has 1 rings (SSSR count). The quantitative estimate of drug-likeness (QED) is 0.149. The predicted octanol–water partition coefficient (Wildman–Crippen LogP) is 1.16. The number of nitrogens with zero attached hydrogens (tertiary/aromatic N) is 2. The van der Waals surface area contributed by atoms with E-state index in [1.165, 1.54) is 6.92 Å². The Morgan fingerprint density at radius 3 is 2.52 bits per heavy atom. The minimum Gasteiger partial charge on any atom is -0.456 e. The fraction of sp³-hybridized carbons (Fsp3) is 0.385. The molecule has 0 spiro atoms. The Morgan fingerprint density at radius 2 is 1.95 bits per heavy atom. The molecule has 0 aliphatic carbocycles. The van der Waals surface area contributed by atoms with Crippen molar-refractivity contribution in [2.75, 3.05) is 13.2 Å². The molecule has 1 aromatic rings. The van der Waals surface area contributed by atoms with Crippen molar-refractivity contribution in [2.45, 2.75) is 19.8 Å². The number of aryl methyl sites for hydroxylation is 1. The molecule has 0 N–H and O–H groups in total. The zero-order chi connectivity index (χ0) is 15.7. The number of esters is 1. The summed E-state index contributed by atoms with van der Waals surface area (Å²) in [5.41, 5.74) is 9.66. The monoisotopic (exact) mass is 312 g/mol. The van der Waals surface area contributed by atoms with Crippen LogP contribution in [0.2, 0.25) is 0 Å². The summed E-state index contributed by atoms with van der Waals surface area (Å²) < 4.78 is 32.5. The van der Waals surface area contributed by atoms with Crippen LogP contribution in [0.5, 0.6) is 0 Å². The largest absolute Gasteiger partial charge is 0.514 e. The SMILES string of the molecule is CCOC(=O)C(=[N+]=[N-])S(=O)(=O)OCCCc1ccccc1. The molecule has 0 unspecified atom stereocenters. The van der Waals surface area contributed by atoms with Gasteiger partial charge in [-0.25, -0.2) is 4.79 Å². The van der Waals surface area contributed by atoms with Gasteiger partial charge in [-0.3, -0.25) is 4.18 Å². The molecule has 7 nitrogen and oxygen atoms in total. The highest BCUT2D eigenvalue weighted by atomic mass is 32.2. The van der Waals surface area contributed by atoms with E-state index in [2.05, 4.69) is 13.7 Å². The van der Waals surface area contributed by atoms with Crippen LogP contribution in [0.4, 0.5) is 0 Å². The van der Waals surface area contributed by atoms with Crippen LogP contribution in [0, 0.1) is 0 Å². The van der Waals surface area contributed by atoms with Crippen molar-refractivity contribution in [3.05, 3.63) is 41.4 Å². The van der Waals surface area contributed by atoms with Crippen molar-refractivity contribution in [3.8, 4) is 0 Å². The van der Waals surface area contributed by atoms with Gasteiger partial charge in [0.15, 0.2) is 0 Å². The lowest BCUT2D eigenvalue weighted by atomic mass is 10.1. The molecule has 1 aromatic carbocycles. The van der Waals surface area contributed by atoms with Gasteiger partial charge in [-0.05, 0) is 25.3 Å². The van der Waals surface area contributed by atoms with E-state index in [4.69, 9.17) is 5.53 Å². The minimum atomic E-state index is -4.42. The third-order valence-corrected chi connectivity index (χ3v) is 3.67. The Kier molecular flexibility index (Phi) is 6.74. The van der Waals surface area contributed by atoms with Gasteiger partial charge in [0.1, 0.15) is 0 Å². The third-order valence-electron chi connectivity index (χ3n) is 2.47. The van der Waals surface area contributed by atoms with E-state index in [9.17, 15) is 13.2 Å². The Labute approximate surface area is 123 Å². The highest BCUT2D eigenvalue weighted by Crippen LogP contribution is 2.05. The van der Waals surface area contributed by atoms with Gasteiger partial charge in [0, 0.05) is 0 Å². The number of ether oxygens (including phenoxy) is 1. The van der Waals surface area contributed by atoms with Crippen LogP contribution in [0.15, 0.2) is 30.3 Å². The Balaban J connectivity index is 2.53. The van der Waals surface area contributed by atoms with E-state index in [1.54, 1.807) is 0 Å². The topological polar surface area (TPSA) is 106 Å². The van der Waals surface area contributed by atoms with Gasteiger partial charge < -0.3 is 10.3 Å². The van der Waals surface area contributed by atoms with E-state index in [-0.39, 0.29) is 13.2 Å². The number of carbonyl (C=O) groups excluding carboxylic acids is 1. The second-order valence-corrected chi connectivity index (χ2v) is 5.52. The van der Waals surface area contributed by atoms with Crippen molar-refractivity contribution in [1.82, 2.24) is 0 Å². The van der Waals surface area contributed by atoms with Gasteiger partial charge in [-0.1, -0.05) is 30.3 Å². The van der Waals surface area contributed by atoms with Crippen LogP contribution in [0.3, 0.4) is 0 Å². The molecule has 0 atom stereocenters. The lowest BCUT2D eigenvalue weighted by Crippen LogP contribution is -2.29. The normalized spacial score (nSPS) is 10.7. The van der Waals surface area contributed by atoms with E-state index >= 15 is 0 Å². The average molecular weight is 312 g/mol. The van der Waals surface area contributed by atoms with Crippen LogP contribution in [-0.2, 0) is 30.3 Å². The first-order valence-corrected chi connectivity index (χ1v) is 7.74. The van der Waals surface area contributed by atoms with Crippen molar-refractivity contribution in [2.24, 2.45) is 0 Å². The molecule has 0 saturated carbocycles. The van der Waals surface area contributed by atoms with Crippen molar-refractivity contribution in [3.63, 3.8) is 0 Å². The molecule has 0 fully saturated rings.